The molecule has 1 aliphatic rings. The van der Waals surface area contributed by atoms with Crippen LogP contribution >= 0.6 is 0 Å². The number of hydrogen-bond donors (Lipinski definition) is 1. The maximum Gasteiger partial charge on any atom is 0.279 e. The number of nitro groups is 1. The summed E-state index contributed by atoms with van der Waals surface area (Å²) in [5.41, 5.74) is 4.89. The maximum atomic E-state index is 11.4. The molecule has 4 aromatic rings. The van der Waals surface area contributed by atoms with E-state index in [1.54, 1.807) is 24.5 Å². The average molecular weight is 386 g/mol. The lowest BCUT2D eigenvalue weighted by molar-refractivity contribution is -0.383. The lowest BCUT2D eigenvalue weighted by atomic mass is 10.0. The van der Waals surface area contributed by atoms with Gasteiger partial charge in [-0.3, -0.25) is 20.0 Å². The monoisotopic (exact) mass is 386 g/mol. The maximum absolute atomic E-state index is 11.4. The molecule has 5 rings (SSSR count). The third-order valence-corrected chi connectivity index (χ3v) is 5.30. The molecule has 29 heavy (non-hydrogen) atoms. The highest BCUT2D eigenvalue weighted by Crippen LogP contribution is 2.30. The first kappa shape index (κ1) is 17.4. The number of nitrogens with one attached hydrogen (secondary N) is 1. The quantitative estimate of drug-likeness (QED) is 0.426. The van der Waals surface area contributed by atoms with Crippen molar-refractivity contribution in [2.45, 2.75) is 19.5 Å². The zero-order valence-corrected chi connectivity index (χ0v) is 15.6. The van der Waals surface area contributed by atoms with Crippen LogP contribution in [0.15, 0.2) is 55.1 Å². The summed E-state index contributed by atoms with van der Waals surface area (Å²) in [4.78, 5) is 29.9. The van der Waals surface area contributed by atoms with E-state index < -0.39 is 0 Å². The summed E-state index contributed by atoms with van der Waals surface area (Å²) in [6, 6.07) is 8.94. The van der Waals surface area contributed by atoms with Gasteiger partial charge >= 0.3 is 0 Å². The predicted molar refractivity (Wildman–Crippen MR) is 108 cm³/mol. The van der Waals surface area contributed by atoms with Gasteiger partial charge in [0.25, 0.3) is 5.69 Å². The summed E-state index contributed by atoms with van der Waals surface area (Å²) in [5, 5.41) is 12.1. The Kier molecular flexibility index (Phi) is 4.25. The highest BCUT2D eigenvalue weighted by atomic mass is 16.6. The van der Waals surface area contributed by atoms with Gasteiger partial charge in [-0.15, -0.1) is 0 Å². The standard InChI is InChI=1S/C21H18N6O2/c28-27(29)19-5-1-4-17-20(19)16(11-23-17)12-26-8-6-14-10-24-21(25-18(14)13-26)15-3-2-7-22-9-15/h1-5,7,9-11,23H,6,8,12-13H2. The van der Waals surface area contributed by atoms with Crippen molar-refractivity contribution in [1.82, 2.24) is 24.8 Å². The molecule has 3 aromatic heterocycles. The van der Waals surface area contributed by atoms with Gasteiger partial charge in [-0.2, -0.15) is 0 Å². The van der Waals surface area contributed by atoms with Gasteiger partial charge < -0.3 is 4.98 Å². The molecule has 0 spiro atoms. The summed E-state index contributed by atoms with van der Waals surface area (Å²) in [7, 11) is 0. The molecule has 1 N–H and O–H groups in total. The molecule has 4 heterocycles. The third kappa shape index (κ3) is 3.23. The third-order valence-electron chi connectivity index (χ3n) is 5.30. The van der Waals surface area contributed by atoms with E-state index in [0.29, 0.717) is 24.3 Å². The van der Waals surface area contributed by atoms with E-state index in [0.717, 1.165) is 40.9 Å². The molecule has 0 radical (unpaired) electrons. The Morgan fingerprint density at radius 3 is 2.97 bits per heavy atom. The molecule has 0 amide bonds. The molecular weight excluding hydrogens is 368 g/mol. The van der Waals surface area contributed by atoms with E-state index in [2.05, 4.69) is 19.9 Å². The average Bonchev–Trinajstić information content (AvgIpc) is 3.16. The van der Waals surface area contributed by atoms with Gasteiger partial charge in [0.05, 0.1) is 21.5 Å². The highest BCUT2D eigenvalue weighted by Gasteiger charge is 2.22. The molecule has 1 aliphatic heterocycles. The van der Waals surface area contributed by atoms with Crippen LogP contribution in [0.3, 0.4) is 0 Å². The number of benzene rings is 1. The molecule has 0 saturated heterocycles. The minimum absolute atomic E-state index is 0.136. The van der Waals surface area contributed by atoms with Crippen LogP contribution in [0.25, 0.3) is 22.3 Å². The number of fused-ring (bicyclic) bond motifs is 2. The fourth-order valence-electron chi connectivity index (χ4n) is 3.88. The van der Waals surface area contributed by atoms with Crippen LogP contribution in [0.1, 0.15) is 16.8 Å². The normalized spacial score (nSPS) is 14.1. The van der Waals surface area contributed by atoms with Gasteiger partial charge in [-0.05, 0) is 35.7 Å². The minimum Gasteiger partial charge on any atom is -0.361 e. The van der Waals surface area contributed by atoms with Gasteiger partial charge in [0.2, 0.25) is 0 Å². The van der Waals surface area contributed by atoms with Crippen LogP contribution < -0.4 is 0 Å². The van der Waals surface area contributed by atoms with E-state index in [1.165, 1.54) is 0 Å². The Hall–Kier alpha value is -3.65. The number of non-ortho nitro benzene ring substituents is 1. The largest absolute Gasteiger partial charge is 0.361 e. The van der Waals surface area contributed by atoms with Crippen molar-refractivity contribution in [3.05, 3.63) is 82.1 Å². The molecule has 0 aliphatic carbocycles. The molecule has 0 saturated carbocycles. The first-order valence-electron chi connectivity index (χ1n) is 9.40. The fraction of sp³-hybridized carbons (Fsp3) is 0.190. The highest BCUT2D eigenvalue weighted by molar-refractivity contribution is 5.91. The summed E-state index contributed by atoms with van der Waals surface area (Å²) in [5.74, 6) is 0.668. The fourth-order valence-corrected chi connectivity index (χ4v) is 3.88. The zero-order chi connectivity index (χ0) is 19.8. The molecule has 1 aromatic carbocycles. The van der Waals surface area contributed by atoms with Gasteiger partial charge in [0.15, 0.2) is 5.82 Å². The number of H-pyrrole nitrogens is 1. The van der Waals surface area contributed by atoms with Crippen molar-refractivity contribution in [1.29, 1.82) is 0 Å². The minimum atomic E-state index is -0.321. The van der Waals surface area contributed by atoms with Crippen molar-refractivity contribution < 1.29 is 4.92 Å². The van der Waals surface area contributed by atoms with E-state index in [1.807, 2.05) is 30.6 Å². The summed E-state index contributed by atoms with van der Waals surface area (Å²) < 4.78 is 0. The summed E-state index contributed by atoms with van der Waals surface area (Å²) >= 11 is 0. The lowest BCUT2D eigenvalue weighted by Crippen LogP contribution is -2.31. The second kappa shape index (κ2) is 7.06. The molecule has 0 unspecified atom stereocenters. The molecule has 8 heteroatoms. The number of nitrogens with zero attached hydrogens (tertiary/aromatic N) is 5. The first-order chi connectivity index (χ1) is 14.2. The number of pyridine rings is 1. The topological polar surface area (TPSA) is 101 Å². The number of aromatic nitrogens is 4. The summed E-state index contributed by atoms with van der Waals surface area (Å²) in [6.45, 7) is 2.16. The Labute approximate surface area is 166 Å². The van der Waals surface area contributed by atoms with Crippen molar-refractivity contribution in [2.75, 3.05) is 6.54 Å². The Morgan fingerprint density at radius 1 is 1.21 bits per heavy atom. The van der Waals surface area contributed by atoms with E-state index in [9.17, 15) is 10.1 Å². The number of aromatic amines is 1. The van der Waals surface area contributed by atoms with E-state index in [4.69, 9.17) is 4.98 Å². The van der Waals surface area contributed by atoms with Crippen LogP contribution in [0.2, 0.25) is 0 Å². The number of nitro benzene ring substituents is 1. The summed E-state index contributed by atoms with van der Waals surface area (Å²) in [6.07, 6.45) is 8.11. The van der Waals surface area contributed by atoms with E-state index >= 15 is 0 Å². The van der Waals surface area contributed by atoms with Crippen LogP contribution in [0.5, 0.6) is 0 Å². The second-order valence-electron chi connectivity index (χ2n) is 7.14. The number of hydrogen-bond acceptors (Lipinski definition) is 6. The van der Waals surface area contributed by atoms with Gasteiger partial charge in [-0.25, -0.2) is 9.97 Å². The van der Waals surface area contributed by atoms with Crippen molar-refractivity contribution in [3.8, 4) is 11.4 Å². The van der Waals surface area contributed by atoms with Crippen LogP contribution in [-0.2, 0) is 19.5 Å². The smallest absolute Gasteiger partial charge is 0.279 e. The van der Waals surface area contributed by atoms with Crippen LogP contribution in [0, 0.1) is 10.1 Å². The SMILES string of the molecule is O=[N+]([O-])c1cccc2[nH]cc(CN3CCc4cnc(-c5cccnc5)nc4C3)c12. The van der Waals surface area contributed by atoms with E-state index in [-0.39, 0.29) is 10.6 Å². The molecule has 0 atom stereocenters. The first-order valence-corrected chi connectivity index (χ1v) is 9.40. The van der Waals surface area contributed by atoms with Crippen LogP contribution in [-0.4, -0.2) is 36.3 Å². The van der Waals surface area contributed by atoms with Gasteiger partial charge in [-0.1, -0.05) is 6.07 Å². The Morgan fingerprint density at radius 2 is 2.14 bits per heavy atom. The van der Waals surface area contributed by atoms with Gasteiger partial charge in [0.1, 0.15) is 0 Å². The predicted octanol–water partition coefficient (Wildman–Crippen LogP) is 3.49. The van der Waals surface area contributed by atoms with Crippen molar-refractivity contribution in [3.63, 3.8) is 0 Å². The van der Waals surface area contributed by atoms with Crippen LogP contribution in [0.4, 0.5) is 5.69 Å². The Balaban J connectivity index is 1.43. The molecule has 8 nitrogen and oxygen atoms in total. The Bertz CT molecular complexity index is 1200. The second-order valence-corrected chi connectivity index (χ2v) is 7.14. The lowest BCUT2D eigenvalue weighted by Gasteiger charge is -2.27. The van der Waals surface area contributed by atoms with Crippen molar-refractivity contribution in [2.24, 2.45) is 0 Å². The van der Waals surface area contributed by atoms with Crippen molar-refractivity contribution >= 4 is 16.6 Å². The zero-order valence-electron chi connectivity index (χ0n) is 15.6. The molecule has 0 fully saturated rings. The molecular formula is C21H18N6O2. The molecule has 0 bridgehead atoms. The molecule has 144 valence electrons. The number of rotatable bonds is 4. The van der Waals surface area contributed by atoms with Gasteiger partial charge in [0, 0.05) is 56.1 Å².